The fourth-order valence-corrected chi connectivity index (χ4v) is 3.25. The molecule has 5 heteroatoms. The number of ether oxygens (including phenoxy) is 1. The van der Waals surface area contributed by atoms with E-state index in [-0.39, 0.29) is 17.6 Å². The lowest BCUT2D eigenvalue weighted by Crippen LogP contribution is -2.70. The molecule has 1 aliphatic heterocycles. The van der Waals surface area contributed by atoms with E-state index in [9.17, 15) is 8.78 Å². The first-order valence-electron chi connectivity index (χ1n) is 6.22. The van der Waals surface area contributed by atoms with Crippen molar-refractivity contribution in [1.82, 2.24) is 5.32 Å². The molecule has 2 N–H and O–H groups in total. The normalized spacial score (nSPS) is 36.2. The Balaban J connectivity index is 1.92. The number of alkyl halides is 2. The molecule has 3 nitrogen and oxygen atoms in total. The van der Waals surface area contributed by atoms with Crippen molar-refractivity contribution < 1.29 is 18.6 Å². The Hall–Kier alpha value is -0.260. The molecule has 1 saturated heterocycles. The Labute approximate surface area is 101 Å². The van der Waals surface area contributed by atoms with Gasteiger partial charge >= 0.3 is 0 Å². The summed E-state index contributed by atoms with van der Waals surface area (Å²) in [5.74, 6) is -2.69. The highest BCUT2D eigenvalue weighted by molar-refractivity contribution is 5.10. The first kappa shape index (κ1) is 13.2. The summed E-state index contributed by atoms with van der Waals surface area (Å²) in [6.07, 6.45) is 2.24. The molecule has 0 amide bonds. The minimum absolute atomic E-state index is 0.0604. The second-order valence-corrected chi connectivity index (χ2v) is 5.79. The van der Waals surface area contributed by atoms with Gasteiger partial charge in [-0.15, -0.1) is 0 Å². The van der Waals surface area contributed by atoms with Gasteiger partial charge in [0, 0.05) is 24.0 Å². The van der Waals surface area contributed by atoms with E-state index in [0.29, 0.717) is 5.92 Å². The van der Waals surface area contributed by atoms with E-state index in [1.165, 1.54) is 0 Å². The maximum atomic E-state index is 13.0. The largest absolute Gasteiger partial charge is 0.390 e. The molecule has 3 atom stereocenters. The van der Waals surface area contributed by atoms with E-state index < -0.39 is 19.1 Å². The molecule has 0 spiro atoms. The first-order valence-corrected chi connectivity index (χ1v) is 6.22. The highest BCUT2D eigenvalue weighted by Gasteiger charge is 2.58. The Morgan fingerprint density at radius 2 is 2.18 bits per heavy atom. The quantitative estimate of drug-likeness (QED) is 0.791. The average Bonchev–Trinajstić information content (AvgIpc) is 2.29. The zero-order chi connectivity index (χ0) is 12.7. The number of hydrogen-bond acceptors (Lipinski definition) is 3. The summed E-state index contributed by atoms with van der Waals surface area (Å²) in [5, 5.41) is 11.5. The third-order valence-corrected chi connectivity index (χ3v) is 4.14. The number of rotatable bonds is 4. The van der Waals surface area contributed by atoms with Crippen LogP contribution < -0.4 is 5.32 Å². The molecule has 1 saturated carbocycles. The van der Waals surface area contributed by atoms with Gasteiger partial charge in [-0.2, -0.15) is 0 Å². The molecule has 0 aromatic rings. The van der Waals surface area contributed by atoms with Crippen molar-refractivity contribution in [3.8, 4) is 0 Å². The van der Waals surface area contributed by atoms with Gasteiger partial charge < -0.3 is 15.2 Å². The van der Waals surface area contributed by atoms with Crippen LogP contribution in [0.25, 0.3) is 0 Å². The Kier molecular flexibility index (Phi) is 3.45. The predicted molar refractivity (Wildman–Crippen MR) is 60.1 cm³/mol. The third-order valence-electron chi connectivity index (χ3n) is 4.14. The minimum Gasteiger partial charge on any atom is -0.390 e. The van der Waals surface area contributed by atoms with Gasteiger partial charge in [-0.3, -0.25) is 0 Å². The van der Waals surface area contributed by atoms with Gasteiger partial charge in [-0.05, 0) is 12.8 Å². The van der Waals surface area contributed by atoms with Crippen molar-refractivity contribution in [3.05, 3.63) is 0 Å². The summed E-state index contributed by atoms with van der Waals surface area (Å²) in [7, 11) is 0. The van der Waals surface area contributed by atoms with Crippen LogP contribution in [0.15, 0.2) is 0 Å². The predicted octanol–water partition coefficient (Wildman–Crippen LogP) is 1.41. The molecule has 1 aliphatic carbocycles. The first-order chi connectivity index (χ1) is 7.88. The van der Waals surface area contributed by atoms with Crippen molar-refractivity contribution in [2.24, 2.45) is 11.3 Å². The van der Waals surface area contributed by atoms with Crippen LogP contribution in [-0.2, 0) is 4.74 Å². The van der Waals surface area contributed by atoms with E-state index in [2.05, 4.69) is 5.32 Å². The van der Waals surface area contributed by atoms with E-state index in [1.807, 2.05) is 13.8 Å². The topological polar surface area (TPSA) is 41.5 Å². The monoisotopic (exact) mass is 249 g/mol. The van der Waals surface area contributed by atoms with Gasteiger partial charge in [-0.25, -0.2) is 8.78 Å². The molecule has 0 aromatic heterocycles. The zero-order valence-electron chi connectivity index (χ0n) is 10.4. The molecule has 0 aromatic carbocycles. The Bertz CT molecular complexity index is 284. The van der Waals surface area contributed by atoms with Crippen LogP contribution in [0.4, 0.5) is 8.78 Å². The number of halogens is 2. The highest BCUT2D eigenvalue weighted by Crippen LogP contribution is 2.51. The van der Waals surface area contributed by atoms with Gasteiger partial charge in [0.05, 0.1) is 12.6 Å². The van der Waals surface area contributed by atoms with Crippen LogP contribution in [0, 0.1) is 11.3 Å². The van der Waals surface area contributed by atoms with E-state index in [0.717, 1.165) is 19.4 Å². The number of aliphatic hydroxyl groups is 1. The minimum atomic E-state index is -3.03. The third kappa shape index (κ3) is 2.33. The number of fused-ring (bicyclic) bond motifs is 1. The van der Waals surface area contributed by atoms with Crippen LogP contribution in [-0.4, -0.2) is 42.9 Å². The zero-order valence-corrected chi connectivity index (χ0v) is 10.4. The maximum absolute atomic E-state index is 13.0. The average molecular weight is 249 g/mol. The lowest BCUT2D eigenvalue weighted by Gasteiger charge is -2.60. The standard InChI is InChI=1S/C12H21F2NO2/c1-11(2)9(15-6-12(13,14)7-16)8-4-3-5-17-10(8)11/h8-10,15-16H,3-7H2,1-2H3. The highest BCUT2D eigenvalue weighted by atomic mass is 19.3. The smallest absolute Gasteiger partial charge is 0.282 e. The van der Waals surface area contributed by atoms with Crippen LogP contribution in [0.2, 0.25) is 0 Å². The van der Waals surface area contributed by atoms with Crippen LogP contribution in [0.3, 0.4) is 0 Å². The van der Waals surface area contributed by atoms with Crippen molar-refractivity contribution in [2.45, 2.75) is 44.8 Å². The van der Waals surface area contributed by atoms with Gasteiger partial charge in [0.15, 0.2) is 0 Å². The SMILES string of the molecule is CC1(C)C(NCC(F)(F)CO)C2CCCOC21. The van der Waals surface area contributed by atoms with Crippen molar-refractivity contribution in [2.75, 3.05) is 19.8 Å². The molecule has 2 rings (SSSR count). The van der Waals surface area contributed by atoms with Gasteiger partial charge in [0.1, 0.15) is 6.61 Å². The van der Waals surface area contributed by atoms with Crippen LogP contribution >= 0.6 is 0 Å². The Morgan fingerprint density at radius 3 is 2.82 bits per heavy atom. The second kappa shape index (κ2) is 4.44. The number of hydrogen-bond donors (Lipinski definition) is 2. The number of nitrogens with one attached hydrogen (secondary N) is 1. The fourth-order valence-electron chi connectivity index (χ4n) is 3.25. The lowest BCUT2D eigenvalue weighted by molar-refractivity contribution is -0.196. The summed E-state index contributed by atoms with van der Waals surface area (Å²) in [4.78, 5) is 0. The van der Waals surface area contributed by atoms with Crippen LogP contribution in [0.5, 0.6) is 0 Å². The summed E-state index contributed by atoms with van der Waals surface area (Å²) in [6.45, 7) is 3.32. The molecule has 3 unspecified atom stereocenters. The van der Waals surface area contributed by atoms with Crippen molar-refractivity contribution >= 4 is 0 Å². The summed E-state index contributed by atoms with van der Waals surface area (Å²) in [6, 6.07) is 0.0604. The van der Waals surface area contributed by atoms with Gasteiger partial charge in [0.2, 0.25) is 0 Å². The fraction of sp³-hybridized carbons (Fsp3) is 1.00. The lowest BCUT2D eigenvalue weighted by atomic mass is 9.55. The van der Waals surface area contributed by atoms with Crippen LogP contribution in [0.1, 0.15) is 26.7 Å². The molecule has 2 fully saturated rings. The van der Waals surface area contributed by atoms with E-state index in [1.54, 1.807) is 0 Å². The molecule has 2 aliphatic rings. The van der Waals surface area contributed by atoms with Gasteiger partial charge in [0.25, 0.3) is 5.92 Å². The summed E-state index contributed by atoms with van der Waals surface area (Å²) < 4.78 is 31.7. The molecule has 0 bridgehead atoms. The maximum Gasteiger partial charge on any atom is 0.282 e. The van der Waals surface area contributed by atoms with E-state index >= 15 is 0 Å². The van der Waals surface area contributed by atoms with Crippen molar-refractivity contribution in [1.29, 1.82) is 0 Å². The molecule has 100 valence electrons. The van der Waals surface area contributed by atoms with Crippen molar-refractivity contribution in [3.63, 3.8) is 0 Å². The molecular formula is C12H21F2NO2. The molecule has 0 radical (unpaired) electrons. The second-order valence-electron chi connectivity index (χ2n) is 5.79. The summed E-state index contributed by atoms with van der Waals surface area (Å²) >= 11 is 0. The molecule has 17 heavy (non-hydrogen) atoms. The number of aliphatic hydroxyl groups excluding tert-OH is 1. The molecule has 1 heterocycles. The molecular weight excluding hydrogens is 228 g/mol. The van der Waals surface area contributed by atoms with Gasteiger partial charge in [-0.1, -0.05) is 13.8 Å². The van der Waals surface area contributed by atoms with E-state index in [4.69, 9.17) is 9.84 Å². The summed E-state index contributed by atoms with van der Waals surface area (Å²) in [5.41, 5.74) is -0.101. The Morgan fingerprint density at radius 1 is 1.47 bits per heavy atom.